The van der Waals surface area contributed by atoms with Gasteiger partial charge in [0.2, 0.25) is 0 Å². The first-order valence-electron chi connectivity index (χ1n) is 11.0. The Hall–Kier alpha value is -2.54. The summed E-state index contributed by atoms with van der Waals surface area (Å²) < 4.78 is 21.9. The molecule has 0 spiro atoms. The van der Waals surface area contributed by atoms with Crippen LogP contribution >= 0.6 is 0 Å². The van der Waals surface area contributed by atoms with E-state index in [4.69, 9.17) is 18.9 Å². The maximum Gasteiger partial charge on any atom is 0.302 e. The molecule has 11 heteroatoms. The van der Waals surface area contributed by atoms with Crippen LogP contribution in [0.15, 0.2) is 30.5 Å². The Morgan fingerprint density at radius 2 is 1.76 bits per heavy atom. The summed E-state index contributed by atoms with van der Waals surface area (Å²) in [5, 5.41) is 50.8. The Morgan fingerprint density at radius 1 is 1.06 bits per heavy atom. The molecule has 0 amide bonds. The highest BCUT2D eigenvalue weighted by molar-refractivity contribution is 6.22. The third kappa shape index (κ3) is 4.95. The number of phenolic OH excluding ortho intramolecular Hbond substituents is 1. The lowest BCUT2D eigenvalue weighted by Gasteiger charge is -2.44. The van der Waals surface area contributed by atoms with Crippen molar-refractivity contribution in [3.8, 4) is 5.75 Å². The van der Waals surface area contributed by atoms with Crippen LogP contribution in [-0.2, 0) is 28.5 Å². The zero-order chi connectivity index (χ0) is 24.6. The van der Waals surface area contributed by atoms with Crippen molar-refractivity contribution in [3.05, 3.63) is 36.1 Å². The number of esters is 1. The van der Waals surface area contributed by atoms with E-state index in [-0.39, 0.29) is 36.6 Å². The number of carbonyl (C=O) groups excluding carboxylic acids is 2. The quantitative estimate of drug-likeness (QED) is 0.335. The van der Waals surface area contributed by atoms with Crippen LogP contribution in [0.4, 0.5) is 0 Å². The average molecular weight is 480 g/mol. The molecule has 1 aliphatic carbocycles. The second-order valence-corrected chi connectivity index (χ2v) is 8.76. The summed E-state index contributed by atoms with van der Waals surface area (Å²) >= 11 is 0. The van der Waals surface area contributed by atoms with Crippen molar-refractivity contribution in [2.75, 3.05) is 6.61 Å². The Balaban J connectivity index is 1.43. The van der Waals surface area contributed by atoms with Gasteiger partial charge in [-0.2, -0.15) is 0 Å². The summed E-state index contributed by atoms with van der Waals surface area (Å²) in [6.07, 6.45) is -8.11. The number of benzene rings is 1. The molecule has 1 aromatic carbocycles. The van der Waals surface area contributed by atoms with Gasteiger partial charge in [0.15, 0.2) is 12.1 Å². The molecule has 2 heterocycles. The van der Waals surface area contributed by atoms with Gasteiger partial charge in [0.25, 0.3) is 0 Å². The summed E-state index contributed by atoms with van der Waals surface area (Å²) in [6, 6.07) is 6.06. The third-order valence-corrected chi connectivity index (χ3v) is 6.37. The third-order valence-electron chi connectivity index (χ3n) is 6.37. The van der Waals surface area contributed by atoms with Gasteiger partial charge in [-0.05, 0) is 17.7 Å². The molecule has 186 valence electrons. The van der Waals surface area contributed by atoms with E-state index in [1.54, 1.807) is 12.1 Å². The molecule has 0 bridgehead atoms. The maximum absolute atomic E-state index is 13.1. The lowest BCUT2D eigenvalue weighted by molar-refractivity contribution is -0.317. The van der Waals surface area contributed by atoms with Crippen molar-refractivity contribution in [2.45, 2.75) is 68.8 Å². The first kappa shape index (κ1) is 24.6. The van der Waals surface area contributed by atoms with Crippen molar-refractivity contribution in [1.82, 2.24) is 0 Å². The van der Waals surface area contributed by atoms with Crippen LogP contribution in [-0.4, -0.2) is 92.9 Å². The number of allylic oxidation sites excluding steroid dienone is 1. The Bertz CT molecular complexity index is 929. The molecule has 4 rings (SSSR count). The van der Waals surface area contributed by atoms with E-state index < -0.39 is 60.9 Å². The van der Waals surface area contributed by atoms with Crippen LogP contribution < -0.4 is 0 Å². The van der Waals surface area contributed by atoms with Crippen LogP contribution in [0.25, 0.3) is 5.57 Å². The summed E-state index contributed by atoms with van der Waals surface area (Å²) in [6.45, 7) is 0.835. The van der Waals surface area contributed by atoms with E-state index in [1.165, 1.54) is 25.3 Å². The minimum atomic E-state index is -1.61. The number of ketones is 1. The number of rotatable bonds is 5. The SMILES string of the molecule is CC(=O)OC[C@H]1O[C@@H](OC2CC(O)C3C(=O)C(c4ccc(O)cc4)=COC3C2)[C@H](O)[C@@H](O)[C@@H]1O. The van der Waals surface area contributed by atoms with Gasteiger partial charge in [0.1, 0.15) is 42.9 Å². The smallest absolute Gasteiger partial charge is 0.302 e. The van der Waals surface area contributed by atoms with Crippen molar-refractivity contribution < 1.29 is 54.1 Å². The highest BCUT2D eigenvalue weighted by atomic mass is 16.7. The highest BCUT2D eigenvalue weighted by Gasteiger charge is 2.49. The lowest BCUT2D eigenvalue weighted by Crippen LogP contribution is -2.60. The molecule has 34 heavy (non-hydrogen) atoms. The van der Waals surface area contributed by atoms with Crippen LogP contribution in [0, 0.1) is 5.92 Å². The molecular weight excluding hydrogens is 452 g/mol. The van der Waals surface area contributed by atoms with Gasteiger partial charge in [-0.15, -0.1) is 0 Å². The number of hydrogen-bond donors (Lipinski definition) is 5. The Labute approximate surface area is 195 Å². The van der Waals surface area contributed by atoms with Crippen LogP contribution in [0.5, 0.6) is 5.75 Å². The molecular formula is C23H28O11. The standard InChI is InChI=1S/C23H28O11/c1-10(24)31-9-17-20(28)21(29)22(30)23(34-17)33-13-6-15(26)18-16(7-13)32-8-14(19(18)27)11-2-4-12(25)5-3-11/h2-5,8,13,15-18,20-23,25-26,28-30H,6-7,9H2,1H3/t13?,15?,16?,17-,18?,20-,21+,22-,23-/m1/s1. The van der Waals surface area contributed by atoms with E-state index in [2.05, 4.69) is 0 Å². The van der Waals surface area contributed by atoms with E-state index in [0.29, 0.717) is 5.56 Å². The number of hydrogen-bond acceptors (Lipinski definition) is 11. The van der Waals surface area contributed by atoms with Crippen molar-refractivity contribution in [2.24, 2.45) is 5.92 Å². The molecule has 2 aliphatic heterocycles. The molecule has 2 fully saturated rings. The highest BCUT2D eigenvalue weighted by Crippen LogP contribution is 2.38. The molecule has 3 aliphatic rings. The molecule has 0 radical (unpaired) electrons. The number of carbonyl (C=O) groups is 2. The van der Waals surface area contributed by atoms with Gasteiger partial charge < -0.3 is 44.5 Å². The monoisotopic (exact) mass is 480 g/mol. The summed E-state index contributed by atoms with van der Waals surface area (Å²) in [5.74, 6) is -1.66. The summed E-state index contributed by atoms with van der Waals surface area (Å²) in [7, 11) is 0. The number of aromatic hydroxyl groups is 1. The molecule has 9 atom stereocenters. The topological polar surface area (TPSA) is 172 Å². The first-order chi connectivity index (χ1) is 16.2. The molecule has 1 saturated carbocycles. The average Bonchev–Trinajstić information content (AvgIpc) is 2.79. The number of Topliss-reactive ketones (excluding diaryl/α,β-unsaturated/α-hetero) is 1. The van der Waals surface area contributed by atoms with Crippen LogP contribution in [0.1, 0.15) is 25.3 Å². The zero-order valence-corrected chi connectivity index (χ0v) is 18.4. The number of fused-ring (bicyclic) bond motifs is 1. The van der Waals surface area contributed by atoms with Crippen LogP contribution in [0.2, 0.25) is 0 Å². The second kappa shape index (κ2) is 9.98. The molecule has 4 unspecified atom stereocenters. The van der Waals surface area contributed by atoms with E-state index in [0.717, 1.165) is 0 Å². The molecule has 1 aromatic rings. The number of aliphatic hydroxyl groups excluding tert-OH is 4. The van der Waals surface area contributed by atoms with E-state index in [9.17, 15) is 35.1 Å². The van der Waals surface area contributed by atoms with E-state index in [1.807, 2.05) is 0 Å². The van der Waals surface area contributed by atoms with Crippen LogP contribution in [0.3, 0.4) is 0 Å². The van der Waals surface area contributed by atoms with Gasteiger partial charge in [-0.1, -0.05) is 12.1 Å². The van der Waals surface area contributed by atoms with Gasteiger partial charge in [0, 0.05) is 19.8 Å². The van der Waals surface area contributed by atoms with Gasteiger partial charge in [0.05, 0.1) is 30.0 Å². The lowest BCUT2D eigenvalue weighted by atomic mass is 9.76. The number of aliphatic hydroxyl groups is 4. The fraction of sp³-hybridized carbons (Fsp3) is 0.565. The molecule has 5 N–H and O–H groups in total. The normalized spacial score (nSPS) is 37.9. The van der Waals surface area contributed by atoms with Gasteiger partial charge >= 0.3 is 5.97 Å². The summed E-state index contributed by atoms with van der Waals surface area (Å²) in [5.41, 5.74) is 0.841. The Morgan fingerprint density at radius 3 is 2.44 bits per heavy atom. The number of ether oxygens (including phenoxy) is 4. The zero-order valence-electron chi connectivity index (χ0n) is 18.4. The predicted octanol–water partition coefficient (Wildman–Crippen LogP) is -0.772. The largest absolute Gasteiger partial charge is 0.508 e. The summed E-state index contributed by atoms with van der Waals surface area (Å²) in [4.78, 5) is 24.1. The van der Waals surface area contributed by atoms with Crippen molar-refractivity contribution >= 4 is 17.3 Å². The first-order valence-corrected chi connectivity index (χ1v) is 11.0. The molecule has 1 saturated heterocycles. The minimum Gasteiger partial charge on any atom is -0.508 e. The number of phenols is 1. The fourth-order valence-electron chi connectivity index (χ4n) is 4.56. The Kier molecular flexibility index (Phi) is 7.22. The minimum absolute atomic E-state index is 0.0406. The molecule has 0 aromatic heterocycles. The van der Waals surface area contributed by atoms with Gasteiger partial charge in [-0.25, -0.2) is 0 Å². The predicted molar refractivity (Wildman–Crippen MR) is 113 cm³/mol. The van der Waals surface area contributed by atoms with Crippen molar-refractivity contribution in [3.63, 3.8) is 0 Å². The van der Waals surface area contributed by atoms with Gasteiger partial charge in [-0.3, -0.25) is 9.59 Å². The maximum atomic E-state index is 13.1. The molecule has 11 nitrogen and oxygen atoms in total. The van der Waals surface area contributed by atoms with E-state index >= 15 is 0 Å². The second-order valence-electron chi connectivity index (χ2n) is 8.76. The van der Waals surface area contributed by atoms with Crippen molar-refractivity contribution in [1.29, 1.82) is 0 Å². The fourth-order valence-corrected chi connectivity index (χ4v) is 4.56.